The van der Waals surface area contributed by atoms with Gasteiger partial charge >= 0.3 is 0 Å². The first kappa shape index (κ1) is 13.1. The van der Waals surface area contributed by atoms with E-state index in [1.807, 2.05) is 11.3 Å². The van der Waals surface area contributed by atoms with Crippen molar-refractivity contribution in [2.75, 3.05) is 0 Å². The Morgan fingerprint density at radius 2 is 2.12 bits per heavy atom. The zero-order valence-corrected chi connectivity index (χ0v) is 12.4. The van der Waals surface area contributed by atoms with Crippen LogP contribution in [0.25, 0.3) is 0 Å². The van der Waals surface area contributed by atoms with Crippen molar-refractivity contribution in [1.29, 1.82) is 0 Å². The Kier molecular flexibility index (Phi) is 4.26. The molecule has 1 saturated carbocycles. The highest BCUT2D eigenvalue weighted by Crippen LogP contribution is 2.35. The molecule has 1 aliphatic carbocycles. The summed E-state index contributed by atoms with van der Waals surface area (Å²) in [6.07, 6.45) is 5.55. The predicted octanol–water partition coefficient (Wildman–Crippen LogP) is 4.59. The van der Waals surface area contributed by atoms with Crippen molar-refractivity contribution in [2.45, 2.75) is 65.5 Å². The van der Waals surface area contributed by atoms with Crippen LogP contribution in [0.5, 0.6) is 0 Å². The maximum atomic E-state index is 3.82. The lowest BCUT2D eigenvalue weighted by Gasteiger charge is -2.22. The molecule has 0 amide bonds. The van der Waals surface area contributed by atoms with E-state index in [1.165, 1.54) is 41.0 Å². The molecule has 1 nitrogen and oxygen atoms in total. The Bertz CT molecular complexity index is 365. The average molecular weight is 251 g/mol. The van der Waals surface area contributed by atoms with Crippen LogP contribution in [0, 0.1) is 19.8 Å². The van der Waals surface area contributed by atoms with Crippen LogP contribution in [-0.4, -0.2) is 6.04 Å². The lowest BCUT2D eigenvalue weighted by molar-refractivity contribution is 0.404. The fourth-order valence-electron chi connectivity index (χ4n) is 2.63. The summed E-state index contributed by atoms with van der Waals surface area (Å²) in [5, 5.41) is 3.82. The minimum absolute atomic E-state index is 0.503. The molecule has 1 N–H and O–H groups in total. The molecule has 2 unspecified atom stereocenters. The van der Waals surface area contributed by atoms with E-state index in [-0.39, 0.29) is 0 Å². The van der Waals surface area contributed by atoms with E-state index in [9.17, 15) is 0 Å². The number of hydrogen-bond acceptors (Lipinski definition) is 2. The van der Waals surface area contributed by atoms with Crippen LogP contribution in [0.1, 0.15) is 60.9 Å². The third kappa shape index (κ3) is 3.56. The topological polar surface area (TPSA) is 12.0 Å². The van der Waals surface area contributed by atoms with Gasteiger partial charge in [0.05, 0.1) is 0 Å². The van der Waals surface area contributed by atoms with Gasteiger partial charge in [-0.2, -0.15) is 0 Å². The Morgan fingerprint density at radius 1 is 1.41 bits per heavy atom. The smallest absolute Gasteiger partial charge is 0.0305 e. The number of hydrogen-bond donors (Lipinski definition) is 1. The van der Waals surface area contributed by atoms with Gasteiger partial charge in [-0.3, -0.25) is 0 Å². The molecule has 2 rings (SSSR count). The van der Waals surface area contributed by atoms with E-state index in [0.29, 0.717) is 12.1 Å². The SMILES string of the molecule is CCC(CC1CC1)NC(C)c1cc(C)sc1C. The maximum Gasteiger partial charge on any atom is 0.0305 e. The summed E-state index contributed by atoms with van der Waals surface area (Å²) in [4.78, 5) is 2.91. The van der Waals surface area contributed by atoms with Crippen molar-refractivity contribution in [1.82, 2.24) is 5.32 Å². The van der Waals surface area contributed by atoms with Crippen molar-refractivity contribution in [3.63, 3.8) is 0 Å². The minimum atomic E-state index is 0.503. The molecule has 2 heteroatoms. The third-order valence-electron chi connectivity index (χ3n) is 3.84. The van der Waals surface area contributed by atoms with Gasteiger partial charge in [-0.1, -0.05) is 19.8 Å². The summed E-state index contributed by atoms with van der Waals surface area (Å²) in [6.45, 7) is 9.06. The first-order valence-corrected chi connectivity index (χ1v) is 7.74. The van der Waals surface area contributed by atoms with E-state index >= 15 is 0 Å². The predicted molar refractivity (Wildman–Crippen MR) is 76.8 cm³/mol. The molecule has 1 aliphatic rings. The monoisotopic (exact) mass is 251 g/mol. The van der Waals surface area contributed by atoms with Gasteiger partial charge in [0.2, 0.25) is 0 Å². The van der Waals surface area contributed by atoms with Gasteiger partial charge in [-0.05, 0) is 51.2 Å². The molecule has 0 aromatic carbocycles. The van der Waals surface area contributed by atoms with Gasteiger partial charge in [0.1, 0.15) is 0 Å². The summed E-state index contributed by atoms with van der Waals surface area (Å²) in [6, 6.07) is 3.56. The molecule has 1 aromatic rings. The molecule has 0 spiro atoms. The number of nitrogens with one attached hydrogen (secondary N) is 1. The summed E-state index contributed by atoms with van der Waals surface area (Å²) in [7, 11) is 0. The Balaban J connectivity index is 1.94. The Labute approximate surface area is 110 Å². The Morgan fingerprint density at radius 3 is 2.59 bits per heavy atom. The third-order valence-corrected chi connectivity index (χ3v) is 4.82. The Hall–Kier alpha value is -0.340. The van der Waals surface area contributed by atoms with Gasteiger partial charge in [-0.15, -0.1) is 11.3 Å². The second-order valence-corrected chi connectivity index (χ2v) is 7.00. The van der Waals surface area contributed by atoms with Gasteiger partial charge < -0.3 is 5.32 Å². The summed E-state index contributed by atoms with van der Waals surface area (Å²) in [5.41, 5.74) is 1.50. The van der Waals surface area contributed by atoms with E-state index < -0.39 is 0 Å². The van der Waals surface area contributed by atoms with Gasteiger partial charge in [-0.25, -0.2) is 0 Å². The summed E-state index contributed by atoms with van der Waals surface area (Å²) >= 11 is 1.92. The van der Waals surface area contributed by atoms with Crippen LogP contribution in [-0.2, 0) is 0 Å². The second-order valence-electron chi connectivity index (χ2n) is 5.54. The van der Waals surface area contributed by atoms with Crippen LogP contribution in [0.3, 0.4) is 0 Å². The van der Waals surface area contributed by atoms with Crippen LogP contribution in [0.15, 0.2) is 6.07 Å². The molecule has 17 heavy (non-hydrogen) atoms. The van der Waals surface area contributed by atoms with Crippen molar-refractivity contribution >= 4 is 11.3 Å². The molecule has 0 aliphatic heterocycles. The maximum absolute atomic E-state index is 3.82. The number of aryl methyl sites for hydroxylation is 2. The lowest BCUT2D eigenvalue weighted by atomic mass is 10.0. The lowest BCUT2D eigenvalue weighted by Crippen LogP contribution is -2.31. The standard InChI is InChI=1S/C15H25NS/c1-5-14(9-13-6-7-13)16-11(3)15-8-10(2)17-12(15)4/h8,11,13-14,16H,5-7,9H2,1-4H3. The van der Waals surface area contributed by atoms with E-state index in [1.54, 1.807) is 0 Å². The molecule has 0 bridgehead atoms. The van der Waals surface area contributed by atoms with E-state index in [4.69, 9.17) is 0 Å². The number of thiophene rings is 1. The van der Waals surface area contributed by atoms with E-state index in [0.717, 1.165) is 5.92 Å². The largest absolute Gasteiger partial charge is 0.307 e. The molecule has 2 atom stereocenters. The highest BCUT2D eigenvalue weighted by molar-refractivity contribution is 7.12. The quantitative estimate of drug-likeness (QED) is 0.779. The fourth-order valence-corrected chi connectivity index (χ4v) is 3.65. The van der Waals surface area contributed by atoms with Gasteiger partial charge in [0.25, 0.3) is 0 Å². The molecular weight excluding hydrogens is 226 g/mol. The first-order valence-electron chi connectivity index (χ1n) is 6.93. The molecule has 96 valence electrons. The molecule has 1 fully saturated rings. The molecule has 1 aromatic heterocycles. The zero-order chi connectivity index (χ0) is 12.4. The van der Waals surface area contributed by atoms with Gasteiger partial charge in [0, 0.05) is 21.8 Å². The summed E-state index contributed by atoms with van der Waals surface area (Å²) in [5.74, 6) is 1.02. The van der Waals surface area contributed by atoms with Crippen LogP contribution >= 0.6 is 11.3 Å². The van der Waals surface area contributed by atoms with Crippen molar-refractivity contribution in [3.8, 4) is 0 Å². The fraction of sp³-hybridized carbons (Fsp3) is 0.733. The molecule has 0 saturated heterocycles. The van der Waals surface area contributed by atoms with Crippen molar-refractivity contribution < 1.29 is 0 Å². The number of rotatable bonds is 6. The molecule has 0 radical (unpaired) electrons. The highest BCUT2D eigenvalue weighted by Gasteiger charge is 2.25. The second kappa shape index (κ2) is 5.53. The average Bonchev–Trinajstić information content (AvgIpc) is 3.02. The first-order chi connectivity index (χ1) is 8.10. The normalized spacial score (nSPS) is 19.3. The highest BCUT2D eigenvalue weighted by atomic mass is 32.1. The molecule has 1 heterocycles. The van der Waals surface area contributed by atoms with Gasteiger partial charge in [0.15, 0.2) is 0 Å². The van der Waals surface area contributed by atoms with E-state index in [2.05, 4.69) is 39.1 Å². The van der Waals surface area contributed by atoms with Crippen molar-refractivity contribution in [3.05, 3.63) is 21.4 Å². The summed E-state index contributed by atoms with van der Waals surface area (Å²) < 4.78 is 0. The van der Waals surface area contributed by atoms with Crippen LogP contribution < -0.4 is 5.32 Å². The molecular formula is C15H25NS. The van der Waals surface area contributed by atoms with Crippen LogP contribution in [0.2, 0.25) is 0 Å². The zero-order valence-electron chi connectivity index (χ0n) is 11.5. The van der Waals surface area contributed by atoms with Crippen LogP contribution in [0.4, 0.5) is 0 Å². The van der Waals surface area contributed by atoms with Crippen molar-refractivity contribution in [2.24, 2.45) is 5.92 Å². The minimum Gasteiger partial charge on any atom is -0.307 e.